The SMILES string of the molecule is CN1CC(=O)Nc2csc(C(=O)O)c21. The van der Waals surface area contributed by atoms with Gasteiger partial charge in [-0.15, -0.1) is 11.3 Å². The molecule has 1 aromatic heterocycles. The van der Waals surface area contributed by atoms with Crippen molar-refractivity contribution in [1.29, 1.82) is 0 Å². The van der Waals surface area contributed by atoms with Gasteiger partial charge < -0.3 is 15.3 Å². The van der Waals surface area contributed by atoms with Crippen molar-refractivity contribution < 1.29 is 14.7 Å². The summed E-state index contributed by atoms with van der Waals surface area (Å²) in [6, 6.07) is 0. The number of rotatable bonds is 1. The molecular formula is C8H8N2O3S. The molecule has 1 aliphatic rings. The van der Waals surface area contributed by atoms with Crippen LogP contribution in [0.1, 0.15) is 9.67 Å². The van der Waals surface area contributed by atoms with Gasteiger partial charge in [0.05, 0.1) is 17.9 Å². The Balaban J connectivity index is 2.52. The van der Waals surface area contributed by atoms with E-state index in [1.165, 1.54) is 0 Å². The van der Waals surface area contributed by atoms with Crippen LogP contribution in [0, 0.1) is 0 Å². The molecule has 1 amide bonds. The van der Waals surface area contributed by atoms with Gasteiger partial charge in [0.15, 0.2) is 0 Å². The highest BCUT2D eigenvalue weighted by atomic mass is 32.1. The molecule has 2 rings (SSSR count). The second kappa shape index (κ2) is 2.98. The van der Waals surface area contributed by atoms with Crippen LogP contribution < -0.4 is 10.2 Å². The van der Waals surface area contributed by atoms with Crippen LogP contribution in [0.2, 0.25) is 0 Å². The Morgan fingerprint density at radius 2 is 2.43 bits per heavy atom. The van der Waals surface area contributed by atoms with E-state index in [0.717, 1.165) is 11.3 Å². The number of amides is 1. The summed E-state index contributed by atoms with van der Waals surface area (Å²) in [5.41, 5.74) is 1.19. The first-order chi connectivity index (χ1) is 6.59. The molecule has 0 spiro atoms. The molecule has 74 valence electrons. The fourth-order valence-electron chi connectivity index (χ4n) is 1.46. The van der Waals surface area contributed by atoms with E-state index in [4.69, 9.17) is 5.11 Å². The summed E-state index contributed by atoms with van der Waals surface area (Å²) in [6.07, 6.45) is 0. The number of nitrogens with zero attached hydrogens (tertiary/aromatic N) is 1. The Bertz CT molecular complexity index is 413. The summed E-state index contributed by atoms with van der Waals surface area (Å²) in [4.78, 5) is 23.9. The summed E-state index contributed by atoms with van der Waals surface area (Å²) >= 11 is 1.12. The molecule has 0 bridgehead atoms. The van der Waals surface area contributed by atoms with Crippen LogP contribution >= 0.6 is 11.3 Å². The largest absolute Gasteiger partial charge is 0.477 e. The molecule has 0 unspecified atom stereocenters. The highest BCUT2D eigenvalue weighted by Crippen LogP contribution is 2.37. The predicted molar refractivity (Wildman–Crippen MR) is 53.2 cm³/mol. The zero-order chi connectivity index (χ0) is 10.3. The number of fused-ring (bicyclic) bond motifs is 1. The molecule has 1 aliphatic heterocycles. The summed E-state index contributed by atoms with van der Waals surface area (Å²) in [5.74, 6) is -1.08. The third kappa shape index (κ3) is 1.24. The third-order valence-corrected chi connectivity index (χ3v) is 2.95. The lowest BCUT2D eigenvalue weighted by atomic mass is 10.2. The Morgan fingerprint density at radius 1 is 1.71 bits per heavy atom. The molecule has 5 nitrogen and oxygen atoms in total. The van der Waals surface area contributed by atoms with E-state index in [2.05, 4.69) is 5.32 Å². The predicted octanol–water partition coefficient (Wildman–Crippen LogP) is 0.835. The van der Waals surface area contributed by atoms with Crippen LogP contribution in [0.3, 0.4) is 0 Å². The second-order valence-corrected chi connectivity index (χ2v) is 3.92. The Labute approximate surface area is 84.0 Å². The number of likely N-dealkylation sites (N-methyl/N-ethyl adjacent to an activating group) is 1. The first-order valence-corrected chi connectivity index (χ1v) is 4.83. The van der Waals surface area contributed by atoms with E-state index in [-0.39, 0.29) is 17.3 Å². The standard InChI is InChI=1S/C8H8N2O3S/c1-10-2-5(11)9-4-3-14-7(6(4)10)8(12)13/h3H,2H2,1H3,(H,9,11)(H,12,13). The molecule has 14 heavy (non-hydrogen) atoms. The topological polar surface area (TPSA) is 69.6 Å². The maximum atomic E-state index is 11.1. The second-order valence-electron chi connectivity index (χ2n) is 3.04. The first kappa shape index (κ1) is 9.01. The van der Waals surface area contributed by atoms with Gasteiger partial charge in [0.2, 0.25) is 5.91 Å². The maximum absolute atomic E-state index is 11.1. The van der Waals surface area contributed by atoms with Crippen molar-refractivity contribution in [2.45, 2.75) is 0 Å². The first-order valence-electron chi connectivity index (χ1n) is 3.95. The van der Waals surface area contributed by atoms with Crippen molar-refractivity contribution in [3.63, 3.8) is 0 Å². The van der Waals surface area contributed by atoms with Crippen LogP contribution in [0.4, 0.5) is 11.4 Å². The van der Waals surface area contributed by atoms with Gasteiger partial charge in [-0.25, -0.2) is 4.79 Å². The Kier molecular flexibility index (Phi) is 1.92. The molecule has 0 saturated heterocycles. The number of anilines is 2. The highest BCUT2D eigenvalue weighted by molar-refractivity contribution is 7.13. The Hall–Kier alpha value is -1.56. The van der Waals surface area contributed by atoms with Gasteiger partial charge in [0.1, 0.15) is 4.88 Å². The van der Waals surface area contributed by atoms with Crippen molar-refractivity contribution in [3.05, 3.63) is 10.3 Å². The maximum Gasteiger partial charge on any atom is 0.348 e. The smallest absolute Gasteiger partial charge is 0.348 e. The van der Waals surface area contributed by atoms with Crippen molar-refractivity contribution in [2.75, 3.05) is 23.8 Å². The number of nitrogens with one attached hydrogen (secondary N) is 1. The number of carbonyl (C=O) groups excluding carboxylic acids is 1. The van der Waals surface area contributed by atoms with Crippen LogP contribution in [0.25, 0.3) is 0 Å². The van der Waals surface area contributed by atoms with E-state index in [1.807, 2.05) is 0 Å². The quantitative estimate of drug-likeness (QED) is 0.723. The minimum atomic E-state index is -0.959. The van der Waals surface area contributed by atoms with E-state index >= 15 is 0 Å². The summed E-state index contributed by atoms with van der Waals surface area (Å²) in [5, 5.41) is 13.2. The lowest BCUT2D eigenvalue weighted by Gasteiger charge is -2.25. The molecule has 0 aromatic carbocycles. The lowest BCUT2D eigenvalue weighted by molar-refractivity contribution is -0.115. The van der Waals surface area contributed by atoms with Gasteiger partial charge >= 0.3 is 5.97 Å². The number of carboxylic acids is 1. The molecule has 0 atom stereocenters. The average Bonchev–Trinajstić information content (AvgIpc) is 2.47. The summed E-state index contributed by atoms with van der Waals surface area (Å²) < 4.78 is 0. The minimum absolute atomic E-state index is 0.116. The van der Waals surface area contributed by atoms with Crippen LogP contribution in [0.15, 0.2) is 5.38 Å². The van der Waals surface area contributed by atoms with Crippen LogP contribution in [-0.4, -0.2) is 30.6 Å². The number of carboxylic acid groups (broad SMARTS) is 1. The summed E-state index contributed by atoms with van der Waals surface area (Å²) in [7, 11) is 1.71. The van der Waals surface area contributed by atoms with Crippen molar-refractivity contribution in [2.24, 2.45) is 0 Å². The normalized spacial score (nSPS) is 14.9. The van der Waals surface area contributed by atoms with Crippen molar-refractivity contribution >= 4 is 34.6 Å². The molecule has 0 fully saturated rings. The molecule has 0 aliphatic carbocycles. The number of hydrogen-bond acceptors (Lipinski definition) is 4. The fraction of sp³-hybridized carbons (Fsp3) is 0.250. The molecule has 2 heterocycles. The van der Waals surface area contributed by atoms with Gasteiger partial charge in [-0.3, -0.25) is 4.79 Å². The van der Waals surface area contributed by atoms with E-state index in [9.17, 15) is 9.59 Å². The number of carbonyl (C=O) groups is 2. The molecule has 0 radical (unpaired) electrons. The van der Waals surface area contributed by atoms with Crippen LogP contribution in [-0.2, 0) is 4.79 Å². The van der Waals surface area contributed by atoms with Gasteiger partial charge in [-0.1, -0.05) is 0 Å². The van der Waals surface area contributed by atoms with Gasteiger partial charge in [-0.05, 0) is 0 Å². The number of thiophene rings is 1. The van der Waals surface area contributed by atoms with Crippen molar-refractivity contribution in [1.82, 2.24) is 0 Å². The molecule has 0 saturated carbocycles. The lowest BCUT2D eigenvalue weighted by Crippen LogP contribution is -2.35. The molecule has 6 heteroatoms. The zero-order valence-electron chi connectivity index (χ0n) is 7.40. The molecule has 2 N–H and O–H groups in total. The Morgan fingerprint density at radius 3 is 3.07 bits per heavy atom. The van der Waals surface area contributed by atoms with E-state index in [1.54, 1.807) is 17.3 Å². The van der Waals surface area contributed by atoms with Crippen molar-refractivity contribution in [3.8, 4) is 0 Å². The fourth-order valence-corrected chi connectivity index (χ4v) is 2.34. The average molecular weight is 212 g/mol. The van der Waals surface area contributed by atoms with Crippen LogP contribution in [0.5, 0.6) is 0 Å². The summed E-state index contributed by atoms with van der Waals surface area (Å²) in [6.45, 7) is 0.198. The van der Waals surface area contributed by atoms with Gasteiger partial charge in [0.25, 0.3) is 0 Å². The van der Waals surface area contributed by atoms with Gasteiger partial charge in [-0.2, -0.15) is 0 Å². The van der Waals surface area contributed by atoms with E-state index < -0.39 is 5.97 Å². The number of hydrogen-bond donors (Lipinski definition) is 2. The monoisotopic (exact) mass is 212 g/mol. The minimum Gasteiger partial charge on any atom is -0.477 e. The zero-order valence-corrected chi connectivity index (χ0v) is 8.22. The third-order valence-electron chi connectivity index (χ3n) is 2.00. The van der Waals surface area contributed by atoms with Gasteiger partial charge in [0, 0.05) is 12.4 Å². The number of aromatic carboxylic acids is 1. The molecule has 1 aromatic rings. The molecular weight excluding hydrogens is 204 g/mol. The highest BCUT2D eigenvalue weighted by Gasteiger charge is 2.26. The van der Waals surface area contributed by atoms with E-state index in [0.29, 0.717) is 11.4 Å².